The van der Waals surface area contributed by atoms with Gasteiger partial charge in [-0.25, -0.2) is 4.68 Å². The number of amides is 1. The van der Waals surface area contributed by atoms with E-state index < -0.39 is 5.97 Å². The molecule has 1 aromatic heterocycles. The Balaban J connectivity index is 1.67. The highest BCUT2D eigenvalue weighted by Gasteiger charge is 2.24. The van der Waals surface area contributed by atoms with E-state index in [0.29, 0.717) is 16.9 Å². The molecule has 1 amide bonds. The Hall–Kier alpha value is -2.42. The molecule has 2 aromatic rings. The highest BCUT2D eigenvalue weighted by atomic mass is 32.2. The summed E-state index contributed by atoms with van der Waals surface area (Å²) in [7, 11) is 0. The number of anilines is 1. The Bertz CT molecular complexity index is 761. The number of carbonyl (C=O) groups excluding carboxylic acids is 2. The first-order valence-corrected chi connectivity index (χ1v) is 10.1. The van der Waals surface area contributed by atoms with Crippen molar-refractivity contribution in [1.82, 2.24) is 20.2 Å². The van der Waals surface area contributed by atoms with Crippen LogP contribution in [-0.2, 0) is 14.3 Å². The predicted octanol–water partition coefficient (Wildman–Crippen LogP) is 2.48. The number of esters is 1. The summed E-state index contributed by atoms with van der Waals surface area (Å²) in [6, 6.07) is 9.42. The highest BCUT2D eigenvalue weighted by Crippen LogP contribution is 2.31. The third-order valence-electron chi connectivity index (χ3n) is 4.42. The zero-order chi connectivity index (χ0) is 19.1. The van der Waals surface area contributed by atoms with Crippen LogP contribution in [0.25, 0.3) is 0 Å². The predicted molar refractivity (Wildman–Crippen MR) is 101 cm³/mol. The molecule has 9 heteroatoms. The lowest BCUT2D eigenvalue weighted by atomic mass is 10.3. The normalized spacial score (nSPS) is 14.3. The molecular formula is C18H23N5O3S. The molecule has 1 aromatic carbocycles. The van der Waals surface area contributed by atoms with Crippen LogP contribution in [0.2, 0.25) is 0 Å². The second kappa shape index (κ2) is 9.50. The molecule has 0 N–H and O–H groups in total. The number of para-hydroxylation sites is 1. The molecule has 0 atom stereocenters. The van der Waals surface area contributed by atoms with Crippen molar-refractivity contribution in [1.29, 1.82) is 0 Å². The molecule has 27 heavy (non-hydrogen) atoms. The molecule has 1 fully saturated rings. The van der Waals surface area contributed by atoms with Crippen molar-refractivity contribution in [2.45, 2.75) is 43.8 Å². The van der Waals surface area contributed by atoms with Crippen molar-refractivity contribution in [2.75, 3.05) is 23.8 Å². The molecule has 0 unspecified atom stereocenters. The Labute approximate surface area is 162 Å². The quantitative estimate of drug-likeness (QED) is 0.506. The molecule has 1 aliphatic carbocycles. The molecule has 1 heterocycles. The second-order valence-electron chi connectivity index (χ2n) is 6.25. The van der Waals surface area contributed by atoms with Crippen molar-refractivity contribution in [3.05, 3.63) is 30.3 Å². The number of nitrogens with zero attached hydrogens (tertiary/aromatic N) is 5. The summed E-state index contributed by atoms with van der Waals surface area (Å²) in [6.07, 6.45) is 4.47. The van der Waals surface area contributed by atoms with Gasteiger partial charge in [-0.3, -0.25) is 9.59 Å². The number of rotatable bonds is 8. The number of tetrazole rings is 1. The molecule has 144 valence electrons. The summed E-state index contributed by atoms with van der Waals surface area (Å²) in [5.74, 6) is -0.489. The molecule has 0 saturated heterocycles. The number of carbonyl (C=O) groups is 2. The summed E-state index contributed by atoms with van der Waals surface area (Å²) in [5.41, 5.74) is 0.659. The second-order valence-corrected chi connectivity index (χ2v) is 7.20. The van der Waals surface area contributed by atoms with E-state index in [2.05, 4.69) is 15.5 Å². The summed E-state index contributed by atoms with van der Waals surface area (Å²) < 4.78 is 6.83. The van der Waals surface area contributed by atoms with Crippen LogP contribution in [0.4, 0.5) is 5.69 Å². The Kier molecular flexibility index (Phi) is 6.80. The largest absolute Gasteiger partial charge is 0.465 e. The van der Waals surface area contributed by atoms with E-state index in [9.17, 15) is 9.59 Å². The summed E-state index contributed by atoms with van der Waals surface area (Å²) >= 11 is 1.30. The number of hydrogen-bond acceptors (Lipinski definition) is 7. The summed E-state index contributed by atoms with van der Waals surface area (Å²) in [4.78, 5) is 26.2. The third-order valence-corrected chi connectivity index (χ3v) is 5.34. The van der Waals surface area contributed by atoms with Crippen LogP contribution < -0.4 is 4.90 Å². The molecule has 0 bridgehead atoms. The minimum Gasteiger partial charge on any atom is -0.465 e. The lowest BCUT2D eigenvalue weighted by Crippen LogP contribution is -2.37. The van der Waals surface area contributed by atoms with Crippen molar-refractivity contribution in [3.8, 4) is 0 Å². The maximum absolute atomic E-state index is 12.8. The third kappa shape index (κ3) is 5.06. The first kappa shape index (κ1) is 19.3. The topological polar surface area (TPSA) is 90.2 Å². The zero-order valence-electron chi connectivity index (χ0n) is 15.3. The number of thioether (sulfide) groups is 1. The van der Waals surface area contributed by atoms with Gasteiger partial charge in [0.25, 0.3) is 0 Å². The number of aromatic nitrogens is 4. The molecule has 0 aliphatic heterocycles. The molecular weight excluding hydrogens is 366 g/mol. The van der Waals surface area contributed by atoms with Gasteiger partial charge in [-0.15, -0.1) is 5.10 Å². The van der Waals surface area contributed by atoms with E-state index in [0.717, 1.165) is 12.8 Å². The first-order valence-electron chi connectivity index (χ1n) is 9.10. The van der Waals surface area contributed by atoms with Gasteiger partial charge in [-0.2, -0.15) is 0 Å². The van der Waals surface area contributed by atoms with Gasteiger partial charge >= 0.3 is 5.97 Å². The van der Waals surface area contributed by atoms with Gasteiger partial charge in [0.05, 0.1) is 18.4 Å². The minimum atomic E-state index is -0.435. The molecule has 1 saturated carbocycles. The average molecular weight is 389 g/mol. The van der Waals surface area contributed by atoms with Gasteiger partial charge < -0.3 is 9.64 Å². The fourth-order valence-electron chi connectivity index (χ4n) is 3.13. The Morgan fingerprint density at radius 2 is 2.00 bits per heavy atom. The van der Waals surface area contributed by atoms with Gasteiger partial charge in [-0.05, 0) is 42.3 Å². The van der Waals surface area contributed by atoms with Crippen LogP contribution in [0, 0.1) is 0 Å². The van der Waals surface area contributed by atoms with E-state index in [-0.39, 0.29) is 24.8 Å². The minimum absolute atomic E-state index is 0.120. The van der Waals surface area contributed by atoms with E-state index in [1.807, 2.05) is 22.9 Å². The van der Waals surface area contributed by atoms with Crippen LogP contribution in [0.1, 0.15) is 38.6 Å². The lowest BCUT2D eigenvalue weighted by Gasteiger charge is -2.21. The van der Waals surface area contributed by atoms with Crippen LogP contribution >= 0.6 is 11.8 Å². The first-order chi connectivity index (χ1) is 13.2. The van der Waals surface area contributed by atoms with E-state index >= 15 is 0 Å². The van der Waals surface area contributed by atoms with Gasteiger partial charge in [0.15, 0.2) is 0 Å². The molecule has 3 rings (SSSR count). The lowest BCUT2D eigenvalue weighted by molar-refractivity contribution is -0.142. The van der Waals surface area contributed by atoms with Crippen LogP contribution in [-0.4, -0.2) is 51.0 Å². The maximum atomic E-state index is 12.8. The van der Waals surface area contributed by atoms with Gasteiger partial charge in [0.1, 0.15) is 6.54 Å². The molecule has 0 radical (unpaired) electrons. The fraction of sp³-hybridized carbons (Fsp3) is 0.500. The van der Waals surface area contributed by atoms with Crippen molar-refractivity contribution < 1.29 is 14.3 Å². The van der Waals surface area contributed by atoms with Crippen molar-refractivity contribution in [2.24, 2.45) is 0 Å². The van der Waals surface area contributed by atoms with Gasteiger partial charge in [0, 0.05) is 5.69 Å². The summed E-state index contributed by atoms with van der Waals surface area (Å²) in [6.45, 7) is 1.90. The fourth-order valence-corrected chi connectivity index (χ4v) is 3.95. The zero-order valence-corrected chi connectivity index (χ0v) is 16.1. The van der Waals surface area contributed by atoms with Gasteiger partial charge in [0.2, 0.25) is 11.1 Å². The smallest absolute Gasteiger partial charge is 0.326 e. The Morgan fingerprint density at radius 1 is 1.26 bits per heavy atom. The monoisotopic (exact) mass is 389 g/mol. The molecule has 0 spiro atoms. The van der Waals surface area contributed by atoms with Crippen LogP contribution in [0.5, 0.6) is 0 Å². The van der Waals surface area contributed by atoms with E-state index in [1.165, 1.54) is 29.5 Å². The van der Waals surface area contributed by atoms with E-state index in [1.54, 1.807) is 19.1 Å². The van der Waals surface area contributed by atoms with Crippen LogP contribution in [0.3, 0.4) is 0 Å². The Morgan fingerprint density at radius 3 is 2.70 bits per heavy atom. The SMILES string of the molecule is CCOC(=O)CN(C(=O)CSc1nnnn1C1CCCC1)c1ccccc1. The standard InChI is InChI=1S/C18H23N5O3S/c1-2-26-17(25)12-22(14-8-4-3-5-9-14)16(24)13-27-18-19-20-21-23(18)15-10-6-7-11-15/h3-5,8-9,15H,2,6-7,10-13H2,1H3. The molecule has 1 aliphatic rings. The van der Waals surface area contributed by atoms with Crippen LogP contribution in [0.15, 0.2) is 35.5 Å². The summed E-state index contributed by atoms with van der Waals surface area (Å²) in [5, 5.41) is 12.5. The van der Waals surface area contributed by atoms with Crippen molar-refractivity contribution in [3.63, 3.8) is 0 Å². The number of benzene rings is 1. The highest BCUT2D eigenvalue weighted by molar-refractivity contribution is 7.99. The van der Waals surface area contributed by atoms with E-state index in [4.69, 9.17) is 4.74 Å². The number of hydrogen-bond donors (Lipinski definition) is 0. The average Bonchev–Trinajstić information content (AvgIpc) is 3.36. The van der Waals surface area contributed by atoms with Gasteiger partial charge in [-0.1, -0.05) is 42.8 Å². The number of ether oxygens (including phenoxy) is 1. The molecule has 8 nitrogen and oxygen atoms in total. The maximum Gasteiger partial charge on any atom is 0.326 e. The van der Waals surface area contributed by atoms with Crippen molar-refractivity contribution >= 4 is 29.3 Å².